The molecule has 0 bridgehead atoms. The first kappa shape index (κ1) is 16.7. The Kier molecular flexibility index (Phi) is 4.79. The number of hydrogen-bond donors (Lipinski definition) is 1. The number of benzene rings is 2. The highest BCUT2D eigenvalue weighted by molar-refractivity contribution is 6.06. The minimum absolute atomic E-state index is 0.0189. The SMILES string of the molecule is COc1ccc(C2=NO[C@@H](C(=O)Nc3ccc(C(C)=O)cc3)C2)cc1. The number of hydrogen-bond acceptors (Lipinski definition) is 5. The van der Waals surface area contributed by atoms with E-state index in [2.05, 4.69) is 10.5 Å². The summed E-state index contributed by atoms with van der Waals surface area (Å²) < 4.78 is 5.12. The van der Waals surface area contributed by atoms with Gasteiger partial charge in [-0.15, -0.1) is 0 Å². The molecule has 0 aromatic heterocycles. The largest absolute Gasteiger partial charge is 0.497 e. The van der Waals surface area contributed by atoms with E-state index in [1.807, 2.05) is 24.3 Å². The molecule has 1 aliphatic heterocycles. The minimum Gasteiger partial charge on any atom is -0.497 e. The van der Waals surface area contributed by atoms with Crippen molar-refractivity contribution in [2.75, 3.05) is 12.4 Å². The number of nitrogens with one attached hydrogen (secondary N) is 1. The fourth-order valence-corrected chi connectivity index (χ4v) is 2.48. The van der Waals surface area contributed by atoms with Crippen molar-refractivity contribution in [1.29, 1.82) is 0 Å². The van der Waals surface area contributed by atoms with Crippen molar-refractivity contribution >= 4 is 23.1 Å². The molecule has 3 rings (SSSR count). The van der Waals surface area contributed by atoms with Gasteiger partial charge in [0.1, 0.15) is 5.75 Å². The molecular formula is C19H18N2O4. The van der Waals surface area contributed by atoms with Gasteiger partial charge in [0.15, 0.2) is 5.78 Å². The van der Waals surface area contributed by atoms with E-state index in [0.717, 1.165) is 17.0 Å². The monoisotopic (exact) mass is 338 g/mol. The van der Waals surface area contributed by atoms with Gasteiger partial charge in [-0.2, -0.15) is 0 Å². The molecule has 0 saturated heterocycles. The molecule has 1 atom stereocenters. The van der Waals surface area contributed by atoms with Crippen molar-refractivity contribution in [2.45, 2.75) is 19.4 Å². The van der Waals surface area contributed by atoms with Gasteiger partial charge < -0.3 is 14.9 Å². The first-order valence-electron chi connectivity index (χ1n) is 7.86. The van der Waals surface area contributed by atoms with Gasteiger partial charge in [0, 0.05) is 17.7 Å². The molecule has 1 amide bonds. The van der Waals surface area contributed by atoms with E-state index in [4.69, 9.17) is 9.57 Å². The number of methoxy groups -OCH3 is 1. The topological polar surface area (TPSA) is 77.0 Å². The molecule has 2 aromatic rings. The number of amides is 1. The van der Waals surface area contributed by atoms with Crippen LogP contribution in [0.25, 0.3) is 0 Å². The van der Waals surface area contributed by atoms with Crippen molar-refractivity contribution in [3.05, 3.63) is 59.7 Å². The van der Waals surface area contributed by atoms with Crippen LogP contribution in [0.3, 0.4) is 0 Å². The Bertz CT molecular complexity index is 810. The van der Waals surface area contributed by atoms with Crippen LogP contribution in [0.4, 0.5) is 5.69 Å². The summed E-state index contributed by atoms with van der Waals surface area (Å²) in [6.07, 6.45) is -0.284. The Balaban J connectivity index is 1.60. The number of nitrogens with zero attached hydrogens (tertiary/aromatic N) is 1. The Morgan fingerprint density at radius 1 is 1.12 bits per heavy atom. The second kappa shape index (κ2) is 7.17. The van der Waals surface area contributed by atoms with E-state index in [1.165, 1.54) is 6.92 Å². The zero-order valence-electron chi connectivity index (χ0n) is 14.0. The lowest BCUT2D eigenvalue weighted by Gasteiger charge is -2.09. The lowest BCUT2D eigenvalue weighted by atomic mass is 10.0. The molecule has 6 nitrogen and oxygen atoms in total. The summed E-state index contributed by atoms with van der Waals surface area (Å²) in [4.78, 5) is 28.8. The van der Waals surface area contributed by atoms with Crippen LogP contribution in [0, 0.1) is 0 Å². The number of ketones is 1. The number of ether oxygens (including phenoxy) is 1. The molecule has 1 aliphatic rings. The Labute approximate surface area is 145 Å². The number of anilines is 1. The van der Waals surface area contributed by atoms with Gasteiger partial charge in [0.2, 0.25) is 6.10 Å². The maximum atomic E-state index is 12.3. The Morgan fingerprint density at radius 3 is 2.40 bits per heavy atom. The van der Waals surface area contributed by atoms with Crippen LogP contribution in [0.15, 0.2) is 53.7 Å². The van der Waals surface area contributed by atoms with Gasteiger partial charge in [-0.3, -0.25) is 9.59 Å². The number of rotatable bonds is 5. The number of oxime groups is 1. The summed E-state index contributed by atoms with van der Waals surface area (Å²) >= 11 is 0. The third-order valence-electron chi connectivity index (χ3n) is 3.94. The average Bonchev–Trinajstić information content (AvgIpc) is 3.12. The maximum Gasteiger partial charge on any atom is 0.268 e. The highest BCUT2D eigenvalue weighted by Crippen LogP contribution is 2.20. The molecular weight excluding hydrogens is 320 g/mol. The maximum absolute atomic E-state index is 12.3. The zero-order valence-corrected chi connectivity index (χ0v) is 14.0. The predicted molar refractivity (Wildman–Crippen MR) is 94.1 cm³/mol. The van der Waals surface area contributed by atoms with Crippen LogP contribution >= 0.6 is 0 Å². The summed E-state index contributed by atoms with van der Waals surface area (Å²) in [5, 5.41) is 6.78. The quantitative estimate of drug-likeness (QED) is 0.850. The van der Waals surface area contributed by atoms with Crippen LogP contribution in [-0.2, 0) is 9.63 Å². The number of carbonyl (C=O) groups excluding carboxylic acids is 2. The van der Waals surface area contributed by atoms with Crippen molar-refractivity contribution in [3.8, 4) is 5.75 Å². The molecule has 1 heterocycles. The molecule has 2 aromatic carbocycles. The molecule has 25 heavy (non-hydrogen) atoms. The van der Waals surface area contributed by atoms with Gasteiger partial charge in [-0.25, -0.2) is 0 Å². The normalized spacial score (nSPS) is 15.9. The van der Waals surface area contributed by atoms with E-state index in [1.54, 1.807) is 31.4 Å². The van der Waals surface area contributed by atoms with Gasteiger partial charge in [0.25, 0.3) is 5.91 Å². The van der Waals surface area contributed by atoms with Gasteiger partial charge >= 0.3 is 0 Å². The van der Waals surface area contributed by atoms with E-state index in [9.17, 15) is 9.59 Å². The molecule has 0 radical (unpaired) electrons. The number of carbonyl (C=O) groups is 2. The van der Waals surface area contributed by atoms with Gasteiger partial charge in [0.05, 0.1) is 12.8 Å². The van der Waals surface area contributed by atoms with Gasteiger partial charge in [-0.1, -0.05) is 5.16 Å². The Hall–Kier alpha value is -3.15. The third kappa shape index (κ3) is 3.85. The average molecular weight is 338 g/mol. The van der Waals surface area contributed by atoms with Crippen LogP contribution in [-0.4, -0.2) is 30.6 Å². The highest BCUT2D eigenvalue weighted by atomic mass is 16.6. The summed E-state index contributed by atoms with van der Waals surface area (Å²) in [6, 6.07) is 14.1. The van der Waals surface area contributed by atoms with Crippen LogP contribution in [0.5, 0.6) is 5.75 Å². The van der Waals surface area contributed by atoms with Crippen LogP contribution < -0.4 is 10.1 Å². The standard InChI is InChI=1S/C19H18N2O4/c1-12(22)13-3-7-15(8-4-13)20-19(23)18-11-17(21-25-18)14-5-9-16(24-2)10-6-14/h3-10,18H,11H2,1-2H3,(H,20,23)/t18-/m1/s1. The lowest BCUT2D eigenvalue weighted by molar-refractivity contribution is -0.125. The summed E-state index contributed by atoms with van der Waals surface area (Å²) in [5.74, 6) is 0.462. The van der Waals surface area contributed by atoms with Crippen LogP contribution in [0.1, 0.15) is 29.3 Å². The first-order chi connectivity index (χ1) is 12.1. The first-order valence-corrected chi connectivity index (χ1v) is 7.86. The summed E-state index contributed by atoms with van der Waals surface area (Å²) in [7, 11) is 1.61. The molecule has 0 fully saturated rings. The highest BCUT2D eigenvalue weighted by Gasteiger charge is 2.29. The van der Waals surface area contributed by atoms with Crippen molar-refractivity contribution in [3.63, 3.8) is 0 Å². The minimum atomic E-state index is -0.676. The van der Waals surface area contributed by atoms with E-state index in [-0.39, 0.29) is 11.7 Å². The predicted octanol–water partition coefficient (Wildman–Crippen LogP) is 3.03. The number of Topliss-reactive ketones (excluding diaryl/α,β-unsaturated/α-hetero) is 1. The molecule has 0 unspecified atom stereocenters. The summed E-state index contributed by atoms with van der Waals surface area (Å²) in [6.45, 7) is 1.50. The second-order valence-electron chi connectivity index (χ2n) is 5.69. The van der Waals surface area contributed by atoms with E-state index in [0.29, 0.717) is 17.7 Å². The molecule has 128 valence electrons. The lowest BCUT2D eigenvalue weighted by Crippen LogP contribution is -2.28. The smallest absolute Gasteiger partial charge is 0.268 e. The van der Waals surface area contributed by atoms with Crippen molar-refractivity contribution in [2.24, 2.45) is 5.16 Å². The van der Waals surface area contributed by atoms with Crippen LogP contribution in [0.2, 0.25) is 0 Å². The Morgan fingerprint density at radius 2 is 1.80 bits per heavy atom. The third-order valence-corrected chi connectivity index (χ3v) is 3.94. The molecule has 0 aliphatic carbocycles. The molecule has 0 spiro atoms. The van der Waals surface area contributed by atoms with Gasteiger partial charge in [-0.05, 0) is 61.0 Å². The fraction of sp³-hybridized carbons (Fsp3) is 0.211. The fourth-order valence-electron chi connectivity index (χ4n) is 2.48. The zero-order chi connectivity index (χ0) is 17.8. The molecule has 6 heteroatoms. The van der Waals surface area contributed by atoms with Crippen molar-refractivity contribution < 1.29 is 19.2 Å². The van der Waals surface area contributed by atoms with Crippen molar-refractivity contribution in [1.82, 2.24) is 0 Å². The second-order valence-corrected chi connectivity index (χ2v) is 5.69. The van der Waals surface area contributed by atoms with E-state index >= 15 is 0 Å². The summed E-state index contributed by atoms with van der Waals surface area (Å²) in [5.41, 5.74) is 2.81. The molecule has 0 saturated carbocycles. The molecule has 1 N–H and O–H groups in total. The van der Waals surface area contributed by atoms with E-state index < -0.39 is 6.10 Å².